The van der Waals surface area contributed by atoms with Crippen LogP contribution in [0.25, 0.3) is 87.6 Å². The fourth-order valence-electron chi connectivity index (χ4n) is 8.75. The molecule has 11 aromatic carbocycles. The van der Waals surface area contributed by atoms with E-state index in [0.717, 1.165) is 87.8 Å². The lowest BCUT2D eigenvalue weighted by molar-refractivity contribution is 1.30. The molecule has 0 amide bonds. The third-order valence-corrected chi connectivity index (χ3v) is 11.5. The van der Waals surface area contributed by atoms with Gasteiger partial charge in [0.05, 0.1) is 11.2 Å². The third-order valence-electron chi connectivity index (χ3n) is 11.5. The summed E-state index contributed by atoms with van der Waals surface area (Å²) in [6, 6.07) is 71.6. The summed E-state index contributed by atoms with van der Waals surface area (Å²) in [5.74, 6) is 0. The van der Waals surface area contributed by atoms with Gasteiger partial charge in [0.25, 0.3) is 0 Å². The van der Waals surface area contributed by atoms with Crippen molar-refractivity contribution in [2.45, 2.75) is 0 Å². The fraction of sp³-hybridized carbons (Fsp3) is 0. The molecule has 0 spiro atoms. The zero-order valence-electron chi connectivity index (χ0n) is 36.2. The lowest BCUT2D eigenvalue weighted by Gasteiger charge is -2.28. The quantitative estimate of drug-likeness (QED) is 0.147. The van der Waals surface area contributed by atoms with E-state index >= 15 is 0 Å². The number of nitrogens with zero attached hydrogens (tertiary/aromatic N) is 1. The molecule has 0 saturated carbocycles. The molecule has 0 bridgehead atoms. The molecule has 276 valence electrons. The molecule has 1 heteroatoms. The van der Waals surface area contributed by atoms with Gasteiger partial charge in [0, 0.05) is 16.8 Å². The summed E-state index contributed by atoms with van der Waals surface area (Å²) in [4.78, 5) is 1.93. The zero-order chi connectivity index (χ0) is 42.6. The van der Waals surface area contributed by atoms with Gasteiger partial charge in [-0.25, -0.2) is 0 Å². The van der Waals surface area contributed by atoms with E-state index in [9.17, 15) is 5.48 Å². The van der Waals surface area contributed by atoms with Gasteiger partial charge in [-0.15, -0.1) is 0 Å². The molecule has 11 aromatic rings. The van der Waals surface area contributed by atoms with Crippen LogP contribution in [-0.4, -0.2) is 0 Å². The second kappa shape index (κ2) is 14.6. The van der Waals surface area contributed by atoms with Crippen molar-refractivity contribution < 1.29 is 5.48 Å². The topological polar surface area (TPSA) is 3.24 Å². The number of hydrogen-bond donors (Lipinski definition) is 0. The zero-order valence-corrected chi connectivity index (χ0v) is 32.2. The molecule has 0 fully saturated rings. The Morgan fingerprint density at radius 1 is 0.271 bits per heavy atom. The van der Waals surface area contributed by atoms with Crippen LogP contribution in [0.1, 0.15) is 5.48 Å². The molecule has 0 saturated heterocycles. The molecule has 0 atom stereocenters. The van der Waals surface area contributed by atoms with Gasteiger partial charge in [0.2, 0.25) is 0 Å². The standard InChI is InChI=1S/C58H39N/c1-3-15-40(16-4-1)41-27-29-42(30-28-41)43-31-35-47(36-32-43)59(56-39-46-19-7-8-20-49(46)50-21-9-12-24-53(50)56)48-37-33-45(34-38-48)58-55-26-14-11-23-52(55)51-22-10-13-25-54(51)57(58)44-17-5-2-6-18-44/h1-39H/i33D,34D,37D,38D. The normalized spacial score (nSPS) is 12.3. The van der Waals surface area contributed by atoms with Gasteiger partial charge in [-0.3, -0.25) is 0 Å². The van der Waals surface area contributed by atoms with Crippen molar-refractivity contribution >= 4 is 60.2 Å². The van der Waals surface area contributed by atoms with Gasteiger partial charge in [-0.05, 0) is 112 Å². The van der Waals surface area contributed by atoms with Crippen LogP contribution in [0.2, 0.25) is 0 Å². The summed E-state index contributed by atoms with van der Waals surface area (Å²) < 4.78 is 40.0. The number of hydrogen-bond acceptors (Lipinski definition) is 1. The monoisotopic (exact) mass is 753 g/mol. The summed E-state index contributed by atoms with van der Waals surface area (Å²) in [5, 5.41) is 7.98. The minimum Gasteiger partial charge on any atom is -0.310 e. The Balaban J connectivity index is 1.16. The highest BCUT2D eigenvalue weighted by molar-refractivity contribution is 6.21. The van der Waals surface area contributed by atoms with Crippen molar-refractivity contribution in [3.05, 3.63) is 236 Å². The average Bonchev–Trinajstić information content (AvgIpc) is 3.35. The Morgan fingerprint density at radius 3 is 1.22 bits per heavy atom. The van der Waals surface area contributed by atoms with Crippen molar-refractivity contribution in [2.75, 3.05) is 4.90 Å². The summed E-state index contributed by atoms with van der Waals surface area (Å²) >= 11 is 0. The predicted octanol–water partition coefficient (Wildman–Crippen LogP) is 16.4. The molecule has 11 rings (SSSR count). The van der Waals surface area contributed by atoms with E-state index in [1.807, 2.05) is 108 Å². The van der Waals surface area contributed by atoms with E-state index in [1.165, 1.54) is 0 Å². The van der Waals surface area contributed by atoms with Gasteiger partial charge in [0.15, 0.2) is 0 Å². The Morgan fingerprint density at radius 2 is 0.661 bits per heavy atom. The van der Waals surface area contributed by atoms with Crippen molar-refractivity contribution in [3.63, 3.8) is 0 Å². The average molecular weight is 754 g/mol. The number of rotatable bonds is 7. The molecule has 0 heterocycles. The Kier molecular flexibility index (Phi) is 7.55. The van der Waals surface area contributed by atoms with Crippen LogP contribution < -0.4 is 4.90 Å². The second-order valence-electron chi connectivity index (χ2n) is 14.9. The Labute approximate surface area is 350 Å². The summed E-state index contributed by atoms with van der Waals surface area (Å²) in [6.45, 7) is 0. The molecule has 0 radical (unpaired) electrons. The maximum Gasteiger partial charge on any atom is 0.0645 e. The highest BCUT2D eigenvalue weighted by atomic mass is 15.1. The van der Waals surface area contributed by atoms with Crippen LogP contribution in [-0.2, 0) is 0 Å². The minimum absolute atomic E-state index is 0.103. The first-order chi connectivity index (χ1) is 31.0. The van der Waals surface area contributed by atoms with E-state index in [1.54, 1.807) is 0 Å². The largest absolute Gasteiger partial charge is 0.310 e. The van der Waals surface area contributed by atoms with Gasteiger partial charge < -0.3 is 4.90 Å². The predicted molar refractivity (Wildman–Crippen MR) is 253 cm³/mol. The number of anilines is 3. The second-order valence-corrected chi connectivity index (χ2v) is 14.9. The van der Waals surface area contributed by atoms with E-state index in [-0.39, 0.29) is 35.4 Å². The highest BCUT2D eigenvalue weighted by Gasteiger charge is 2.20. The first-order valence-corrected chi connectivity index (χ1v) is 20.0. The van der Waals surface area contributed by atoms with Gasteiger partial charge in [-0.1, -0.05) is 206 Å². The molecule has 0 N–H and O–H groups in total. The SMILES string of the molecule is [2H]c1c([2H])c(N(c2ccc(-c3ccc(-c4ccccc4)cc3)cc2)c2cc3ccccc3c3ccccc23)c([2H])c([2H])c1-c1c(-c2ccccc2)c2ccccc2c2ccccc12. The first-order valence-electron chi connectivity index (χ1n) is 22.0. The van der Waals surface area contributed by atoms with Crippen LogP contribution in [0.15, 0.2) is 236 Å². The van der Waals surface area contributed by atoms with E-state index in [2.05, 4.69) is 109 Å². The van der Waals surface area contributed by atoms with Crippen LogP contribution in [0, 0.1) is 0 Å². The van der Waals surface area contributed by atoms with Crippen LogP contribution in [0.3, 0.4) is 0 Å². The van der Waals surface area contributed by atoms with Crippen LogP contribution >= 0.6 is 0 Å². The molecule has 1 nitrogen and oxygen atoms in total. The van der Waals surface area contributed by atoms with Crippen molar-refractivity contribution in [1.29, 1.82) is 0 Å². The van der Waals surface area contributed by atoms with Crippen molar-refractivity contribution in [1.82, 2.24) is 0 Å². The smallest absolute Gasteiger partial charge is 0.0645 e. The van der Waals surface area contributed by atoms with Crippen molar-refractivity contribution in [2.24, 2.45) is 0 Å². The van der Waals surface area contributed by atoms with Crippen molar-refractivity contribution in [3.8, 4) is 44.5 Å². The summed E-state index contributed by atoms with van der Waals surface area (Å²) in [6.07, 6.45) is 0. The van der Waals surface area contributed by atoms with E-state index < -0.39 is 0 Å². The lowest BCUT2D eigenvalue weighted by atomic mass is 9.85. The van der Waals surface area contributed by atoms with E-state index in [4.69, 9.17) is 0 Å². The number of benzene rings is 11. The Bertz CT molecular complexity index is 3500. The van der Waals surface area contributed by atoms with Crippen LogP contribution in [0.4, 0.5) is 17.1 Å². The molecule has 0 aromatic heterocycles. The van der Waals surface area contributed by atoms with E-state index in [0.29, 0.717) is 5.56 Å². The molecule has 0 aliphatic heterocycles. The fourth-order valence-corrected chi connectivity index (χ4v) is 8.75. The maximum absolute atomic E-state index is 10.0. The Hall–Kier alpha value is -7.74. The van der Waals surface area contributed by atoms with Gasteiger partial charge in [-0.2, -0.15) is 0 Å². The maximum atomic E-state index is 10.0. The van der Waals surface area contributed by atoms with Crippen LogP contribution in [0.5, 0.6) is 0 Å². The molecular weight excluding hydrogens is 711 g/mol. The van der Waals surface area contributed by atoms with Gasteiger partial charge in [0.1, 0.15) is 0 Å². The molecule has 0 unspecified atom stereocenters. The number of fused-ring (bicyclic) bond motifs is 6. The first kappa shape index (κ1) is 30.4. The molecular formula is C58H39N. The molecule has 0 aliphatic carbocycles. The summed E-state index contributed by atoms with van der Waals surface area (Å²) in [5.41, 5.74) is 8.82. The molecule has 0 aliphatic rings. The van der Waals surface area contributed by atoms with Gasteiger partial charge >= 0.3 is 0 Å². The third kappa shape index (κ3) is 6.12. The lowest BCUT2D eigenvalue weighted by Crippen LogP contribution is -2.10. The molecule has 59 heavy (non-hydrogen) atoms. The minimum atomic E-state index is -0.125. The highest BCUT2D eigenvalue weighted by Crippen LogP contribution is 2.47. The summed E-state index contributed by atoms with van der Waals surface area (Å²) in [7, 11) is 0.